The van der Waals surface area contributed by atoms with Crippen molar-refractivity contribution in [3.63, 3.8) is 0 Å². The Kier molecular flexibility index (Phi) is 9.93. The zero-order chi connectivity index (χ0) is 29.9. The van der Waals surface area contributed by atoms with Crippen LogP contribution in [0.15, 0.2) is 47.4 Å². The van der Waals surface area contributed by atoms with E-state index in [2.05, 4.69) is 41.6 Å². The van der Waals surface area contributed by atoms with Crippen molar-refractivity contribution < 1.29 is 18.0 Å². The molecule has 0 aliphatic heterocycles. The Morgan fingerprint density at radius 1 is 0.854 bits per heavy atom. The number of rotatable bonds is 9. The Bertz CT molecular complexity index is 1440. The van der Waals surface area contributed by atoms with Gasteiger partial charge in [0, 0.05) is 17.2 Å². The van der Waals surface area contributed by atoms with Crippen LogP contribution < -0.4 is 15.6 Å². The van der Waals surface area contributed by atoms with Crippen LogP contribution in [0.25, 0.3) is 10.1 Å². The molecule has 0 radical (unpaired) electrons. The van der Waals surface area contributed by atoms with Gasteiger partial charge in [-0.25, -0.2) is 13.1 Å². The molecule has 0 atom stereocenters. The van der Waals surface area contributed by atoms with Gasteiger partial charge in [0.2, 0.25) is 15.9 Å². The standard InChI is InChI=1S/C32H43N3O4S2/c1-19(2)25-15-26(20(3)4)30(27(16-25)21(5)6)41(38,39)33-18-22-11-13-23(14-12-22)31(36)34-35-32(37)29-17-24-9-7-8-10-28(24)40-29/h7-10,15-17,19-23,33H,11-14,18H2,1-6H3,(H,34,36)(H,35,37). The van der Waals surface area contributed by atoms with Gasteiger partial charge in [0.15, 0.2) is 0 Å². The van der Waals surface area contributed by atoms with Crippen molar-refractivity contribution in [2.24, 2.45) is 11.8 Å². The Hall–Kier alpha value is -2.75. The molecule has 41 heavy (non-hydrogen) atoms. The second-order valence-corrected chi connectivity index (χ2v) is 14.9. The van der Waals surface area contributed by atoms with E-state index in [9.17, 15) is 18.0 Å². The van der Waals surface area contributed by atoms with E-state index in [1.165, 1.54) is 11.3 Å². The summed E-state index contributed by atoms with van der Waals surface area (Å²) in [6.07, 6.45) is 2.78. The van der Waals surface area contributed by atoms with E-state index in [0.29, 0.717) is 35.1 Å². The number of amides is 2. The SMILES string of the molecule is CC(C)c1cc(C(C)C)c(S(=O)(=O)NCC2CCC(C(=O)NNC(=O)c3cc4ccccc4s3)CC2)c(C(C)C)c1. The molecular formula is C32H43N3O4S2. The number of fused-ring (bicyclic) bond motifs is 1. The maximum atomic E-state index is 13.7. The third-order valence-corrected chi connectivity index (χ3v) is 10.7. The molecule has 2 amide bonds. The lowest BCUT2D eigenvalue weighted by molar-refractivity contribution is -0.127. The molecule has 222 valence electrons. The fourth-order valence-corrected chi connectivity index (χ4v) is 8.27. The molecule has 3 N–H and O–H groups in total. The summed E-state index contributed by atoms with van der Waals surface area (Å²) in [5, 5.41) is 0.997. The van der Waals surface area contributed by atoms with E-state index in [1.54, 1.807) is 0 Å². The summed E-state index contributed by atoms with van der Waals surface area (Å²) in [4.78, 5) is 26.3. The number of hydrogen-bond donors (Lipinski definition) is 3. The van der Waals surface area contributed by atoms with Gasteiger partial charge in [-0.05, 0) is 83.6 Å². The molecule has 7 nitrogen and oxygen atoms in total. The molecule has 1 aliphatic carbocycles. The van der Waals surface area contributed by atoms with Gasteiger partial charge in [-0.1, -0.05) is 71.9 Å². The second kappa shape index (κ2) is 13.0. The number of benzene rings is 2. The minimum Gasteiger partial charge on any atom is -0.273 e. The second-order valence-electron chi connectivity index (χ2n) is 12.2. The molecule has 0 saturated heterocycles. The van der Waals surface area contributed by atoms with Crippen molar-refractivity contribution in [3.8, 4) is 0 Å². The fraction of sp³-hybridized carbons (Fsp3) is 0.500. The first-order chi connectivity index (χ1) is 19.4. The average molecular weight is 598 g/mol. The first-order valence-electron chi connectivity index (χ1n) is 14.6. The fourth-order valence-electron chi connectivity index (χ4n) is 5.50. The summed E-state index contributed by atoms with van der Waals surface area (Å²) >= 11 is 1.39. The molecule has 1 aliphatic rings. The van der Waals surface area contributed by atoms with Crippen LogP contribution in [0.1, 0.15) is 111 Å². The van der Waals surface area contributed by atoms with Gasteiger partial charge in [-0.3, -0.25) is 20.4 Å². The monoisotopic (exact) mass is 597 g/mol. The lowest BCUT2D eigenvalue weighted by atomic mass is 9.82. The molecule has 0 spiro atoms. The van der Waals surface area contributed by atoms with E-state index in [1.807, 2.05) is 58.0 Å². The summed E-state index contributed by atoms with van der Waals surface area (Å²) in [5.74, 6) is -0.128. The zero-order valence-electron chi connectivity index (χ0n) is 24.9. The van der Waals surface area contributed by atoms with Gasteiger partial charge in [-0.2, -0.15) is 0 Å². The Morgan fingerprint density at radius 3 is 2.02 bits per heavy atom. The first kappa shape index (κ1) is 31.2. The molecule has 0 unspecified atom stereocenters. The number of hydrogen-bond acceptors (Lipinski definition) is 5. The predicted molar refractivity (Wildman–Crippen MR) is 167 cm³/mol. The quantitative estimate of drug-likeness (QED) is 0.236. The maximum absolute atomic E-state index is 13.7. The molecule has 1 aromatic heterocycles. The number of thiophene rings is 1. The highest BCUT2D eigenvalue weighted by atomic mass is 32.2. The Morgan fingerprint density at radius 2 is 1.46 bits per heavy atom. The van der Waals surface area contributed by atoms with E-state index < -0.39 is 10.0 Å². The summed E-state index contributed by atoms with van der Waals surface area (Å²) < 4.78 is 31.3. The van der Waals surface area contributed by atoms with Crippen LogP contribution in [-0.2, 0) is 14.8 Å². The summed E-state index contributed by atoms with van der Waals surface area (Å²) in [5.41, 5.74) is 8.03. The molecule has 1 heterocycles. The van der Waals surface area contributed by atoms with Gasteiger partial charge in [0.1, 0.15) is 0 Å². The lowest BCUT2D eigenvalue weighted by Gasteiger charge is -2.28. The number of sulfonamides is 1. The van der Waals surface area contributed by atoms with Gasteiger partial charge < -0.3 is 0 Å². The summed E-state index contributed by atoms with van der Waals surface area (Å²) in [6.45, 7) is 12.8. The normalized spacial score (nSPS) is 17.9. The van der Waals surface area contributed by atoms with Crippen LogP contribution in [-0.4, -0.2) is 26.8 Å². The van der Waals surface area contributed by atoms with Crippen molar-refractivity contribution in [2.45, 2.75) is 89.9 Å². The van der Waals surface area contributed by atoms with E-state index in [-0.39, 0.29) is 35.5 Å². The van der Waals surface area contributed by atoms with Crippen LogP contribution >= 0.6 is 11.3 Å². The predicted octanol–water partition coefficient (Wildman–Crippen LogP) is 6.82. The molecular weight excluding hydrogens is 555 g/mol. The smallest absolute Gasteiger partial charge is 0.273 e. The minimum atomic E-state index is -3.71. The molecule has 1 fully saturated rings. The van der Waals surface area contributed by atoms with Crippen molar-refractivity contribution in [3.05, 3.63) is 64.0 Å². The maximum Gasteiger partial charge on any atom is 0.279 e. The number of carbonyl (C=O) groups is 2. The van der Waals surface area contributed by atoms with Gasteiger partial charge in [-0.15, -0.1) is 11.3 Å². The van der Waals surface area contributed by atoms with Crippen molar-refractivity contribution in [2.75, 3.05) is 6.54 Å². The van der Waals surface area contributed by atoms with Crippen LogP contribution in [0.5, 0.6) is 0 Å². The van der Waals surface area contributed by atoms with Crippen LogP contribution in [0.2, 0.25) is 0 Å². The van der Waals surface area contributed by atoms with E-state index in [4.69, 9.17) is 0 Å². The number of hydrazine groups is 1. The lowest BCUT2D eigenvalue weighted by Crippen LogP contribution is -2.45. The first-order valence-corrected chi connectivity index (χ1v) is 16.9. The molecule has 2 aromatic carbocycles. The molecule has 0 bridgehead atoms. The van der Waals surface area contributed by atoms with E-state index in [0.717, 1.165) is 39.6 Å². The average Bonchev–Trinajstić information content (AvgIpc) is 3.38. The zero-order valence-corrected chi connectivity index (χ0v) is 26.5. The Labute approximate surface area is 248 Å². The van der Waals surface area contributed by atoms with Gasteiger partial charge in [0.05, 0.1) is 9.77 Å². The van der Waals surface area contributed by atoms with Gasteiger partial charge in [0.25, 0.3) is 5.91 Å². The highest BCUT2D eigenvalue weighted by molar-refractivity contribution is 7.89. The molecule has 4 rings (SSSR count). The van der Waals surface area contributed by atoms with Crippen molar-refractivity contribution >= 4 is 43.3 Å². The number of carbonyl (C=O) groups excluding carboxylic acids is 2. The third kappa shape index (κ3) is 7.37. The van der Waals surface area contributed by atoms with Crippen LogP contribution in [0.4, 0.5) is 0 Å². The number of nitrogens with one attached hydrogen (secondary N) is 3. The largest absolute Gasteiger partial charge is 0.279 e. The summed E-state index contributed by atoms with van der Waals surface area (Å²) in [7, 11) is -3.71. The molecule has 1 saturated carbocycles. The molecule has 9 heteroatoms. The van der Waals surface area contributed by atoms with E-state index >= 15 is 0 Å². The third-order valence-electron chi connectivity index (χ3n) is 8.08. The van der Waals surface area contributed by atoms with Crippen molar-refractivity contribution in [1.82, 2.24) is 15.6 Å². The van der Waals surface area contributed by atoms with Crippen molar-refractivity contribution in [1.29, 1.82) is 0 Å². The van der Waals surface area contributed by atoms with Crippen LogP contribution in [0, 0.1) is 11.8 Å². The minimum absolute atomic E-state index is 0.0751. The highest BCUT2D eigenvalue weighted by Crippen LogP contribution is 2.36. The highest BCUT2D eigenvalue weighted by Gasteiger charge is 2.30. The molecule has 3 aromatic rings. The Balaban J connectivity index is 1.33. The van der Waals surface area contributed by atoms with Gasteiger partial charge >= 0.3 is 0 Å². The van der Waals surface area contributed by atoms with Crippen LogP contribution in [0.3, 0.4) is 0 Å². The topological polar surface area (TPSA) is 104 Å². The summed E-state index contributed by atoms with van der Waals surface area (Å²) in [6, 6.07) is 13.7.